The van der Waals surface area contributed by atoms with Crippen LogP contribution in [0.3, 0.4) is 0 Å². The van der Waals surface area contributed by atoms with E-state index in [4.69, 9.17) is 5.73 Å². The van der Waals surface area contributed by atoms with Crippen LogP contribution >= 0.6 is 0 Å². The van der Waals surface area contributed by atoms with Crippen molar-refractivity contribution in [2.45, 2.75) is 26.8 Å². The van der Waals surface area contributed by atoms with Gasteiger partial charge in [-0.25, -0.2) is 4.98 Å². The normalized spacial score (nSPS) is 13.1. The smallest absolute Gasteiger partial charge is 0.123 e. The van der Waals surface area contributed by atoms with Crippen molar-refractivity contribution in [3.63, 3.8) is 0 Å². The third-order valence-corrected chi connectivity index (χ3v) is 2.62. The lowest BCUT2D eigenvalue weighted by atomic mass is 10.1. The molecular formula is C12H21N3. The van der Waals surface area contributed by atoms with Crippen LogP contribution in [0.1, 0.15) is 25.8 Å². The number of hydrogen-bond donors (Lipinski definition) is 1. The van der Waals surface area contributed by atoms with Crippen LogP contribution in [0.5, 0.6) is 0 Å². The predicted octanol–water partition coefficient (Wildman–Crippen LogP) is 2.14. The first-order valence-electron chi connectivity index (χ1n) is 5.50. The molecule has 0 saturated heterocycles. The fourth-order valence-electron chi connectivity index (χ4n) is 1.63. The Morgan fingerprint density at radius 3 is 2.87 bits per heavy atom. The summed E-state index contributed by atoms with van der Waals surface area (Å²) in [6.07, 6.45) is 2.99. The van der Waals surface area contributed by atoms with Crippen molar-refractivity contribution in [3.8, 4) is 0 Å². The largest absolute Gasteiger partial charge is 0.384 e. The van der Waals surface area contributed by atoms with Gasteiger partial charge in [0.15, 0.2) is 0 Å². The Balaban J connectivity index is 2.47. The molecule has 0 aliphatic rings. The molecule has 0 saturated carbocycles. The summed E-state index contributed by atoms with van der Waals surface area (Å²) in [5.41, 5.74) is 6.86. The minimum atomic E-state index is 0.601. The van der Waals surface area contributed by atoms with Gasteiger partial charge in [0, 0.05) is 19.3 Å². The molecule has 0 amide bonds. The maximum Gasteiger partial charge on any atom is 0.123 e. The van der Waals surface area contributed by atoms with Crippen molar-refractivity contribution in [2.24, 2.45) is 5.92 Å². The zero-order valence-corrected chi connectivity index (χ0v) is 9.90. The van der Waals surface area contributed by atoms with Crippen molar-refractivity contribution in [1.82, 2.24) is 9.88 Å². The summed E-state index contributed by atoms with van der Waals surface area (Å²) in [7, 11) is 2.14. The summed E-state index contributed by atoms with van der Waals surface area (Å²) < 4.78 is 0. The van der Waals surface area contributed by atoms with E-state index < -0.39 is 0 Å². The molecule has 84 valence electrons. The standard InChI is InChI=1S/C12H21N3/c1-4-10(2)8-15(3)9-11-5-6-14-12(13)7-11/h5-7,10H,4,8-9H2,1-3H3,(H2,13,14). The highest BCUT2D eigenvalue weighted by atomic mass is 15.1. The molecule has 1 aromatic heterocycles. The molecule has 1 rings (SSSR count). The molecule has 0 radical (unpaired) electrons. The Kier molecular flexibility index (Phi) is 4.56. The summed E-state index contributed by atoms with van der Waals surface area (Å²) in [6, 6.07) is 3.95. The van der Waals surface area contributed by atoms with Gasteiger partial charge >= 0.3 is 0 Å². The lowest BCUT2D eigenvalue weighted by Gasteiger charge is -2.20. The summed E-state index contributed by atoms with van der Waals surface area (Å²) in [5.74, 6) is 1.35. The van der Waals surface area contributed by atoms with Gasteiger partial charge in [0.1, 0.15) is 5.82 Å². The van der Waals surface area contributed by atoms with Crippen LogP contribution in [-0.4, -0.2) is 23.5 Å². The van der Waals surface area contributed by atoms with Crippen molar-refractivity contribution < 1.29 is 0 Å². The fraction of sp³-hybridized carbons (Fsp3) is 0.583. The van der Waals surface area contributed by atoms with Gasteiger partial charge in [0.25, 0.3) is 0 Å². The molecule has 0 spiro atoms. The highest BCUT2D eigenvalue weighted by Gasteiger charge is 2.05. The molecule has 0 aromatic carbocycles. The summed E-state index contributed by atoms with van der Waals surface area (Å²) in [5, 5.41) is 0. The van der Waals surface area contributed by atoms with Crippen LogP contribution in [0.25, 0.3) is 0 Å². The molecule has 0 aliphatic carbocycles. The van der Waals surface area contributed by atoms with E-state index in [1.807, 2.05) is 12.1 Å². The highest BCUT2D eigenvalue weighted by molar-refractivity contribution is 5.31. The lowest BCUT2D eigenvalue weighted by Crippen LogP contribution is -2.23. The second kappa shape index (κ2) is 5.71. The highest BCUT2D eigenvalue weighted by Crippen LogP contribution is 2.08. The van der Waals surface area contributed by atoms with Gasteiger partial charge in [-0.1, -0.05) is 20.3 Å². The van der Waals surface area contributed by atoms with E-state index in [0.29, 0.717) is 5.82 Å². The maximum absolute atomic E-state index is 5.63. The van der Waals surface area contributed by atoms with Crippen molar-refractivity contribution in [1.29, 1.82) is 0 Å². The van der Waals surface area contributed by atoms with Gasteiger partial charge in [-0.15, -0.1) is 0 Å². The van der Waals surface area contributed by atoms with Gasteiger partial charge < -0.3 is 10.6 Å². The second-order valence-corrected chi connectivity index (χ2v) is 4.30. The van der Waals surface area contributed by atoms with Crippen LogP contribution < -0.4 is 5.73 Å². The average Bonchev–Trinajstić information content (AvgIpc) is 2.17. The van der Waals surface area contributed by atoms with Crippen molar-refractivity contribution in [3.05, 3.63) is 23.9 Å². The number of pyridine rings is 1. The van der Waals surface area contributed by atoms with Gasteiger partial charge in [-0.3, -0.25) is 0 Å². The van der Waals surface area contributed by atoms with Crippen molar-refractivity contribution >= 4 is 5.82 Å². The van der Waals surface area contributed by atoms with Crippen molar-refractivity contribution in [2.75, 3.05) is 19.3 Å². The third-order valence-electron chi connectivity index (χ3n) is 2.62. The topological polar surface area (TPSA) is 42.2 Å². The minimum absolute atomic E-state index is 0.601. The van der Waals surface area contributed by atoms with E-state index >= 15 is 0 Å². The number of nitrogen functional groups attached to an aromatic ring is 1. The maximum atomic E-state index is 5.63. The van der Waals surface area contributed by atoms with Crippen LogP contribution in [0.4, 0.5) is 5.82 Å². The molecule has 1 unspecified atom stereocenters. The van der Waals surface area contributed by atoms with Gasteiger partial charge in [-0.2, -0.15) is 0 Å². The summed E-state index contributed by atoms with van der Waals surface area (Å²) in [6.45, 7) is 6.57. The second-order valence-electron chi connectivity index (χ2n) is 4.30. The van der Waals surface area contributed by atoms with E-state index in [9.17, 15) is 0 Å². The Hall–Kier alpha value is -1.09. The first-order valence-corrected chi connectivity index (χ1v) is 5.50. The molecule has 3 heteroatoms. The molecule has 1 aromatic rings. The molecular weight excluding hydrogens is 186 g/mol. The van der Waals surface area contributed by atoms with Crippen LogP contribution in [0.15, 0.2) is 18.3 Å². The zero-order valence-electron chi connectivity index (χ0n) is 9.90. The molecule has 0 bridgehead atoms. The number of aromatic nitrogens is 1. The first-order chi connectivity index (χ1) is 7.11. The summed E-state index contributed by atoms with van der Waals surface area (Å²) >= 11 is 0. The minimum Gasteiger partial charge on any atom is -0.384 e. The van der Waals surface area contributed by atoms with Crippen LogP contribution in [0.2, 0.25) is 0 Å². The SMILES string of the molecule is CCC(C)CN(C)Cc1ccnc(N)c1. The lowest BCUT2D eigenvalue weighted by molar-refractivity contribution is 0.275. The van der Waals surface area contributed by atoms with E-state index in [-0.39, 0.29) is 0 Å². The Labute approximate surface area is 92.3 Å². The number of nitrogens with zero attached hydrogens (tertiary/aromatic N) is 2. The molecule has 15 heavy (non-hydrogen) atoms. The predicted molar refractivity (Wildman–Crippen MR) is 64.4 cm³/mol. The molecule has 2 N–H and O–H groups in total. The molecule has 1 heterocycles. The average molecular weight is 207 g/mol. The van der Waals surface area contributed by atoms with Gasteiger partial charge in [0.2, 0.25) is 0 Å². The number of nitrogens with two attached hydrogens (primary N) is 1. The van der Waals surface area contributed by atoms with Gasteiger partial charge in [-0.05, 0) is 30.7 Å². The molecule has 0 fully saturated rings. The monoisotopic (exact) mass is 207 g/mol. The Bertz CT molecular complexity index is 299. The first kappa shape index (κ1) is 12.0. The van der Waals surface area contributed by atoms with E-state index in [1.54, 1.807) is 6.20 Å². The number of anilines is 1. The number of hydrogen-bond acceptors (Lipinski definition) is 3. The van der Waals surface area contributed by atoms with Crippen LogP contribution in [0, 0.1) is 5.92 Å². The van der Waals surface area contributed by atoms with Gasteiger partial charge in [0.05, 0.1) is 0 Å². The third kappa shape index (κ3) is 4.30. The summed E-state index contributed by atoms with van der Waals surface area (Å²) in [4.78, 5) is 6.31. The van der Waals surface area contributed by atoms with E-state index in [0.717, 1.165) is 19.0 Å². The zero-order chi connectivity index (χ0) is 11.3. The van der Waals surface area contributed by atoms with Crippen LogP contribution in [-0.2, 0) is 6.54 Å². The van der Waals surface area contributed by atoms with E-state index in [2.05, 4.69) is 30.8 Å². The molecule has 3 nitrogen and oxygen atoms in total. The Morgan fingerprint density at radius 1 is 1.53 bits per heavy atom. The fourth-order valence-corrected chi connectivity index (χ4v) is 1.63. The molecule has 1 atom stereocenters. The Morgan fingerprint density at radius 2 is 2.27 bits per heavy atom. The molecule has 0 aliphatic heterocycles. The number of rotatable bonds is 5. The quantitative estimate of drug-likeness (QED) is 0.804. The van der Waals surface area contributed by atoms with E-state index in [1.165, 1.54) is 12.0 Å².